The van der Waals surface area contributed by atoms with Crippen LogP contribution in [0.15, 0.2) is 28.3 Å². The molecule has 2 N–H and O–H groups in total. The second-order valence-electron chi connectivity index (χ2n) is 7.20. The number of sulfonamides is 1. The zero-order valence-electron chi connectivity index (χ0n) is 17.3. The SMILES string of the molecule is COc1ccc(C)cc1S(=O)(=O)N1CCC[C@@H](C(=O)NCCSc2n[nH]c(C)n2)C1. The number of rotatable bonds is 8. The number of hydrogen-bond acceptors (Lipinski definition) is 7. The summed E-state index contributed by atoms with van der Waals surface area (Å²) in [6.07, 6.45) is 1.30. The second kappa shape index (κ2) is 9.80. The molecule has 164 valence electrons. The molecule has 1 aliphatic rings. The number of piperidine rings is 1. The van der Waals surface area contributed by atoms with Gasteiger partial charge >= 0.3 is 0 Å². The van der Waals surface area contributed by atoms with Gasteiger partial charge in [0.1, 0.15) is 16.5 Å². The highest BCUT2D eigenvalue weighted by Crippen LogP contribution is 2.30. The second-order valence-corrected chi connectivity index (χ2v) is 10.2. The highest BCUT2D eigenvalue weighted by Gasteiger charge is 2.34. The quantitative estimate of drug-likeness (QED) is 0.462. The summed E-state index contributed by atoms with van der Waals surface area (Å²) in [4.78, 5) is 16.9. The summed E-state index contributed by atoms with van der Waals surface area (Å²) < 4.78 is 33.0. The Kier molecular flexibility index (Phi) is 7.37. The number of H-pyrrole nitrogens is 1. The lowest BCUT2D eigenvalue weighted by Crippen LogP contribution is -2.45. The van der Waals surface area contributed by atoms with Gasteiger partial charge in [0.15, 0.2) is 0 Å². The van der Waals surface area contributed by atoms with Crippen LogP contribution in [0.5, 0.6) is 5.75 Å². The highest BCUT2D eigenvalue weighted by atomic mass is 32.2. The molecule has 0 unspecified atom stereocenters. The van der Waals surface area contributed by atoms with Gasteiger partial charge in [0.25, 0.3) is 0 Å². The Balaban J connectivity index is 1.59. The largest absolute Gasteiger partial charge is 0.495 e. The maximum atomic E-state index is 13.2. The van der Waals surface area contributed by atoms with Gasteiger partial charge in [-0.25, -0.2) is 13.4 Å². The fraction of sp³-hybridized carbons (Fsp3) is 0.526. The van der Waals surface area contributed by atoms with Gasteiger partial charge in [0.05, 0.1) is 13.0 Å². The maximum Gasteiger partial charge on any atom is 0.246 e. The van der Waals surface area contributed by atoms with E-state index in [4.69, 9.17) is 4.74 Å². The van der Waals surface area contributed by atoms with Crippen molar-refractivity contribution in [1.29, 1.82) is 0 Å². The van der Waals surface area contributed by atoms with Crippen LogP contribution in [-0.4, -0.2) is 66.3 Å². The molecule has 0 saturated carbocycles. The summed E-state index contributed by atoms with van der Waals surface area (Å²) in [5.41, 5.74) is 0.833. The van der Waals surface area contributed by atoms with E-state index in [0.29, 0.717) is 42.6 Å². The smallest absolute Gasteiger partial charge is 0.246 e. The van der Waals surface area contributed by atoms with Crippen LogP contribution < -0.4 is 10.1 Å². The van der Waals surface area contributed by atoms with Crippen LogP contribution in [0.3, 0.4) is 0 Å². The molecule has 1 fully saturated rings. The van der Waals surface area contributed by atoms with E-state index >= 15 is 0 Å². The normalized spacial score (nSPS) is 17.6. The summed E-state index contributed by atoms with van der Waals surface area (Å²) >= 11 is 1.45. The Bertz CT molecular complexity index is 993. The number of ether oxygens (including phenoxy) is 1. The van der Waals surface area contributed by atoms with E-state index in [1.54, 1.807) is 12.1 Å². The first kappa shape index (κ1) is 22.6. The molecule has 1 aromatic carbocycles. The van der Waals surface area contributed by atoms with E-state index in [9.17, 15) is 13.2 Å². The van der Waals surface area contributed by atoms with Crippen LogP contribution in [0.4, 0.5) is 0 Å². The lowest BCUT2D eigenvalue weighted by molar-refractivity contribution is -0.125. The van der Waals surface area contributed by atoms with Crippen molar-refractivity contribution in [2.45, 2.75) is 36.7 Å². The van der Waals surface area contributed by atoms with E-state index in [0.717, 1.165) is 11.4 Å². The fourth-order valence-corrected chi connectivity index (χ4v) is 5.81. The summed E-state index contributed by atoms with van der Waals surface area (Å²) in [5.74, 6) is 1.19. The fourth-order valence-electron chi connectivity index (χ4n) is 3.35. The van der Waals surface area contributed by atoms with Gasteiger partial charge in [0, 0.05) is 25.4 Å². The first-order chi connectivity index (χ1) is 14.3. The number of aromatic amines is 1. The van der Waals surface area contributed by atoms with Crippen molar-refractivity contribution in [2.75, 3.05) is 32.5 Å². The number of hydrogen-bond donors (Lipinski definition) is 2. The minimum absolute atomic E-state index is 0.127. The minimum Gasteiger partial charge on any atom is -0.495 e. The van der Waals surface area contributed by atoms with Gasteiger partial charge in [-0.05, 0) is 44.4 Å². The number of benzene rings is 1. The van der Waals surface area contributed by atoms with Crippen molar-refractivity contribution in [3.8, 4) is 5.75 Å². The van der Waals surface area contributed by atoms with Gasteiger partial charge in [-0.1, -0.05) is 17.8 Å². The molecule has 0 radical (unpaired) electrons. The van der Waals surface area contributed by atoms with E-state index in [2.05, 4.69) is 20.5 Å². The summed E-state index contributed by atoms with van der Waals surface area (Å²) in [7, 11) is -2.30. The van der Waals surface area contributed by atoms with Crippen molar-refractivity contribution in [1.82, 2.24) is 24.8 Å². The van der Waals surface area contributed by atoms with Crippen molar-refractivity contribution in [2.24, 2.45) is 5.92 Å². The predicted octanol–water partition coefficient (Wildman–Crippen LogP) is 1.74. The Morgan fingerprint density at radius 1 is 1.40 bits per heavy atom. The summed E-state index contributed by atoms with van der Waals surface area (Å²) in [6, 6.07) is 5.08. The zero-order valence-corrected chi connectivity index (χ0v) is 19.0. The minimum atomic E-state index is -3.75. The number of aryl methyl sites for hydroxylation is 2. The van der Waals surface area contributed by atoms with Gasteiger partial charge in [-0.3, -0.25) is 9.89 Å². The average molecular weight is 454 g/mol. The lowest BCUT2D eigenvalue weighted by Gasteiger charge is -2.31. The molecule has 11 heteroatoms. The number of nitrogens with one attached hydrogen (secondary N) is 2. The Labute approximate surface area is 181 Å². The van der Waals surface area contributed by atoms with Crippen molar-refractivity contribution >= 4 is 27.7 Å². The number of amides is 1. The summed E-state index contributed by atoms with van der Waals surface area (Å²) in [6.45, 7) is 4.69. The predicted molar refractivity (Wildman–Crippen MR) is 114 cm³/mol. The van der Waals surface area contributed by atoms with Crippen LogP contribution in [-0.2, 0) is 14.8 Å². The molecule has 0 spiro atoms. The number of thioether (sulfide) groups is 1. The Hall–Kier alpha value is -2.11. The van der Waals surface area contributed by atoms with E-state index in [1.807, 2.05) is 19.9 Å². The van der Waals surface area contributed by atoms with Gasteiger partial charge in [-0.2, -0.15) is 4.31 Å². The molecular weight excluding hydrogens is 426 g/mol. The monoisotopic (exact) mass is 453 g/mol. The Morgan fingerprint density at radius 3 is 2.90 bits per heavy atom. The molecule has 1 amide bonds. The molecule has 3 rings (SSSR count). The average Bonchev–Trinajstić information content (AvgIpc) is 3.16. The first-order valence-corrected chi connectivity index (χ1v) is 12.2. The molecule has 2 aromatic rings. The van der Waals surface area contributed by atoms with Crippen molar-refractivity contribution in [3.05, 3.63) is 29.6 Å². The van der Waals surface area contributed by atoms with Gasteiger partial charge in [-0.15, -0.1) is 5.10 Å². The maximum absolute atomic E-state index is 13.2. The third kappa shape index (κ3) is 5.32. The van der Waals surface area contributed by atoms with Crippen LogP contribution >= 0.6 is 11.8 Å². The zero-order chi connectivity index (χ0) is 21.7. The van der Waals surface area contributed by atoms with Gasteiger partial charge in [0.2, 0.25) is 21.1 Å². The molecule has 1 aliphatic heterocycles. The molecule has 1 saturated heterocycles. The molecular formula is C19H27N5O4S2. The highest BCUT2D eigenvalue weighted by molar-refractivity contribution is 7.99. The van der Waals surface area contributed by atoms with E-state index in [1.165, 1.54) is 23.2 Å². The van der Waals surface area contributed by atoms with Crippen LogP contribution in [0, 0.1) is 19.8 Å². The number of carbonyl (C=O) groups excluding carboxylic acids is 1. The third-order valence-corrected chi connectivity index (χ3v) is 7.64. The molecule has 9 nitrogen and oxygen atoms in total. The first-order valence-electron chi connectivity index (χ1n) is 9.75. The molecule has 1 atom stereocenters. The van der Waals surface area contributed by atoms with E-state index in [-0.39, 0.29) is 23.3 Å². The number of carbonyl (C=O) groups is 1. The third-order valence-electron chi connectivity index (χ3n) is 4.90. The molecule has 0 aliphatic carbocycles. The number of methoxy groups -OCH3 is 1. The number of nitrogens with zero attached hydrogens (tertiary/aromatic N) is 3. The molecule has 1 aromatic heterocycles. The van der Waals surface area contributed by atoms with Crippen LogP contribution in [0.2, 0.25) is 0 Å². The Morgan fingerprint density at radius 2 is 2.20 bits per heavy atom. The molecule has 0 bridgehead atoms. The van der Waals surface area contributed by atoms with Crippen LogP contribution in [0.1, 0.15) is 24.2 Å². The van der Waals surface area contributed by atoms with E-state index < -0.39 is 10.0 Å². The number of aromatic nitrogens is 3. The lowest BCUT2D eigenvalue weighted by atomic mass is 9.99. The molecule has 30 heavy (non-hydrogen) atoms. The van der Waals surface area contributed by atoms with Gasteiger partial charge < -0.3 is 10.1 Å². The topological polar surface area (TPSA) is 117 Å². The summed E-state index contributed by atoms with van der Waals surface area (Å²) in [5, 5.41) is 10.4. The van der Waals surface area contributed by atoms with Crippen molar-refractivity contribution < 1.29 is 17.9 Å². The molecule has 2 heterocycles. The standard InChI is InChI=1S/C19H27N5O4S2/c1-13-6-7-16(28-3)17(11-13)30(26,27)24-9-4-5-15(12-24)18(25)20-8-10-29-19-21-14(2)22-23-19/h6-7,11,15H,4-5,8-10,12H2,1-3H3,(H,20,25)(H,21,22,23)/t15-/m1/s1. The van der Waals surface area contributed by atoms with Crippen LogP contribution in [0.25, 0.3) is 0 Å². The van der Waals surface area contributed by atoms with Crippen molar-refractivity contribution in [3.63, 3.8) is 0 Å².